The van der Waals surface area contributed by atoms with Crippen molar-refractivity contribution in [2.45, 2.75) is 45.4 Å². The van der Waals surface area contributed by atoms with Crippen LogP contribution in [-0.2, 0) is 9.59 Å². The Kier molecular flexibility index (Phi) is 8.76. The van der Waals surface area contributed by atoms with Crippen molar-refractivity contribution >= 4 is 17.4 Å². The van der Waals surface area contributed by atoms with Crippen molar-refractivity contribution in [3.63, 3.8) is 0 Å². The van der Waals surface area contributed by atoms with Crippen molar-refractivity contribution in [2.75, 3.05) is 33.3 Å². The van der Waals surface area contributed by atoms with Gasteiger partial charge in [0.15, 0.2) is 28.8 Å². The van der Waals surface area contributed by atoms with Crippen LogP contribution < -0.4 is 29.6 Å². The quantitative estimate of drug-likeness (QED) is 0.301. The Bertz CT molecular complexity index is 1620. The zero-order chi connectivity index (χ0) is 30.7. The number of carbonyl (C=O) groups excluding carboxylic acids is 2. The molecule has 3 aromatic carbocycles. The number of rotatable bonds is 9. The van der Waals surface area contributed by atoms with Crippen molar-refractivity contribution in [3.05, 3.63) is 99.9 Å². The van der Waals surface area contributed by atoms with Gasteiger partial charge in [-0.25, -0.2) is 0 Å². The van der Waals surface area contributed by atoms with E-state index in [1.54, 1.807) is 21.3 Å². The molecule has 1 aliphatic heterocycles. The first-order valence-corrected chi connectivity index (χ1v) is 14.4. The number of methoxy groups -OCH3 is 3. The Hall–Kier alpha value is -4.72. The molecule has 0 saturated heterocycles. The van der Waals surface area contributed by atoms with E-state index in [2.05, 4.69) is 10.6 Å². The van der Waals surface area contributed by atoms with Crippen molar-refractivity contribution in [1.29, 1.82) is 0 Å². The van der Waals surface area contributed by atoms with Gasteiger partial charge in [-0.05, 0) is 80.1 Å². The molecule has 2 N–H and O–H groups in total. The number of ether oxygens (including phenoxy) is 4. The highest BCUT2D eigenvalue weighted by molar-refractivity contribution is 6.10. The van der Waals surface area contributed by atoms with E-state index in [1.165, 1.54) is 0 Å². The maximum Gasteiger partial charge on any atom is 0.254 e. The lowest BCUT2D eigenvalue weighted by molar-refractivity contribution is -0.116. The number of Topliss-reactive ketones (excluding diaryl/α,β-unsaturated/α-hetero) is 1. The van der Waals surface area contributed by atoms with Crippen LogP contribution in [0.4, 0.5) is 5.69 Å². The van der Waals surface area contributed by atoms with E-state index in [0.29, 0.717) is 59.3 Å². The number of benzene rings is 3. The summed E-state index contributed by atoms with van der Waals surface area (Å²) < 4.78 is 22.4. The molecule has 1 heterocycles. The fourth-order valence-electron chi connectivity index (χ4n) is 6.06. The molecular formula is C35H38N2O6. The Morgan fingerprint density at radius 1 is 0.860 bits per heavy atom. The second-order valence-electron chi connectivity index (χ2n) is 10.7. The largest absolute Gasteiger partial charge is 0.493 e. The minimum absolute atomic E-state index is 0.0138. The molecule has 0 unspecified atom stereocenters. The van der Waals surface area contributed by atoms with Crippen molar-refractivity contribution in [2.24, 2.45) is 0 Å². The molecule has 0 spiro atoms. The summed E-state index contributed by atoms with van der Waals surface area (Å²) in [5.41, 5.74) is 6.05. The number of allylic oxidation sites excluding steroid dienone is 3. The second kappa shape index (κ2) is 12.7. The smallest absolute Gasteiger partial charge is 0.254 e. The molecule has 224 valence electrons. The third-order valence-electron chi connectivity index (χ3n) is 8.17. The lowest BCUT2D eigenvalue weighted by Gasteiger charge is -2.37. The molecule has 0 aromatic heterocycles. The van der Waals surface area contributed by atoms with Crippen molar-refractivity contribution in [3.8, 4) is 23.0 Å². The molecule has 2 atom stereocenters. The minimum Gasteiger partial charge on any atom is -0.493 e. The van der Waals surface area contributed by atoms with Crippen LogP contribution in [0.25, 0.3) is 0 Å². The summed E-state index contributed by atoms with van der Waals surface area (Å²) >= 11 is 0. The van der Waals surface area contributed by atoms with E-state index in [-0.39, 0.29) is 17.6 Å². The van der Waals surface area contributed by atoms with E-state index >= 15 is 0 Å². The van der Waals surface area contributed by atoms with Crippen molar-refractivity contribution in [1.82, 2.24) is 5.32 Å². The van der Waals surface area contributed by atoms with Crippen LogP contribution in [0.2, 0.25) is 0 Å². The predicted octanol–water partition coefficient (Wildman–Crippen LogP) is 6.42. The van der Waals surface area contributed by atoms with Crippen LogP contribution >= 0.6 is 0 Å². The van der Waals surface area contributed by atoms with E-state index in [0.717, 1.165) is 28.1 Å². The first-order chi connectivity index (χ1) is 20.8. The molecular weight excluding hydrogens is 544 g/mol. The zero-order valence-electron chi connectivity index (χ0n) is 25.5. The number of dihydropyridines is 1. The maximum absolute atomic E-state index is 14.1. The lowest BCUT2D eigenvalue weighted by Crippen LogP contribution is -2.37. The van der Waals surface area contributed by atoms with E-state index < -0.39 is 5.92 Å². The van der Waals surface area contributed by atoms with Gasteiger partial charge in [-0.1, -0.05) is 30.3 Å². The molecule has 3 aromatic rings. The Morgan fingerprint density at radius 2 is 1.51 bits per heavy atom. The number of amides is 1. The van der Waals surface area contributed by atoms with Crippen LogP contribution in [0, 0.1) is 6.92 Å². The van der Waals surface area contributed by atoms with E-state index in [4.69, 9.17) is 18.9 Å². The fourth-order valence-corrected chi connectivity index (χ4v) is 6.06. The van der Waals surface area contributed by atoms with Gasteiger partial charge in [-0.2, -0.15) is 0 Å². The topological polar surface area (TPSA) is 95.1 Å². The Morgan fingerprint density at radius 3 is 2.21 bits per heavy atom. The molecule has 0 bridgehead atoms. The fraction of sp³-hybridized carbons (Fsp3) is 0.314. The van der Waals surface area contributed by atoms with Crippen LogP contribution in [0.5, 0.6) is 23.0 Å². The normalized spacial score (nSPS) is 18.0. The van der Waals surface area contributed by atoms with Gasteiger partial charge in [0.25, 0.3) is 5.91 Å². The van der Waals surface area contributed by atoms with Gasteiger partial charge in [0.05, 0.1) is 27.9 Å². The van der Waals surface area contributed by atoms with Gasteiger partial charge in [0, 0.05) is 40.6 Å². The highest BCUT2D eigenvalue weighted by atomic mass is 16.5. The number of anilines is 1. The average Bonchev–Trinajstić information content (AvgIpc) is 3.01. The standard InChI is InChI=1S/C35H38N2O6/c1-7-43-29-15-13-23(19-31(29)42-6)33-32(35(39)37-25-11-9-8-10-20(25)2)21(3)36-26-16-24(17-27(38)34(26)33)22-12-14-28(40-4)30(18-22)41-5/h8-15,18-19,24,33,36H,7,16-17H2,1-6H3,(H,37,39)/t24-,33+/m1/s1. The molecule has 0 saturated carbocycles. The maximum atomic E-state index is 14.1. The van der Waals surface area contributed by atoms with Gasteiger partial charge in [0.2, 0.25) is 0 Å². The van der Waals surface area contributed by atoms with Gasteiger partial charge in [-0.3, -0.25) is 9.59 Å². The monoisotopic (exact) mass is 582 g/mol. The third kappa shape index (κ3) is 5.82. The Balaban J connectivity index is 1.59. The molecule has 43 heavy (non-hydrogen) atoms. The van der Waals surface area contributed by atoms with Crippen LogP contribution in [0.1, 0.15) is 55.2 Å². The first kappa shape index (κ1) is 29.8. The highest BCUT2D eigenvalue weighted by Crippen LogP contribution is 2.47. The minimum atomic E-state index is -0.594. The molecule has 1 amide bonds. The summed E-state index contributed by atoms with van der Waals surface area (Å²) in [6.45, 7) is 6.23. The first-order valence-electron chi connectivity index (χ1n) is 14.4. The van der Waals surface area contributed by atoms with Crippen LogP contribution in [-0.4, -0.2) is 39.6 Å². The SMILES string of the molecule is CCOc1ccc([C@H]2C(C(=O)Nc3ccccc3C)=C(C)NC3=C2C(=O)C[C@H](c2ccc(OC)c(OC)c2)C3)cc1OC. The summed E-state index contributed by atoms with van der Waals surface area (Å²) in [6.07, 6.45) is 0.900. The third-order valence-corrected chi connectivity index (χ3v) is 8.17. The van der Waals surface area contributed by atoms with E-state index in [9.17, 15) is 9.59 Å². The average molecular weight is 583 g/mol. The number of ketones is 1. The predicted molar refractivity (Wildman–Crippen MR) is 166 cm³/mol. The molecule has 2 aliphatic rings. The number of nitrogens with one attached hydrogen (secondary N) is 2. The summed E-state index contributed by atoms with van der Waals surface area (Å²) in [7, 11) is 4.79. The summed E-state index contributed by atoms with van der Waals surface area (Å²) in [5.74, 6) is 1.47. The number of para-hydroxylation sites is 1. The van der Waals surface area contributed by atoms with Gasteiger partial charge in [0.1, 0.15) is 0 Å². The van der Waals surface area contributed by atoms with Crippen LogP contribution in [0.15, 0.2) is 83.2 Å². The molecule has 0 radical (unpaired) electrons. The molecule has 5 rings (SSSR count). The molecule has 8 nitrogen and oxygen atoms in total. The van der Waals surface area contributed by atoms with Crippen molar-refractivity contribution < 1.29 is 28.5 Å². The number of hydrogen-bond donors (Lipinski definition) is 2. The number of carbonyl (C=O) groups is 2. The Labute approximate surface area is 252 Å². The van der Waals surface area contributed by atoms with Gasteiger partial charge >= 0.3 is 0 Å². The van der Waals surface area contributed by atoms with Gasteiger partial charge < -0.3 is 29.6 Å². The molecule has 1 aliphatic carbocycles. The van der Waals surface area contributed by atoms with E-state index in [1.807, 2.05) is 81.4 Å². The molecule has 8 heteroatoms. The summed E-state index contributed by atoms with van der Waals surface area (Å²) in [4.78, 5) is 28.1. The molecule has 0 fully saturated rings. The van der Waals surface area contributed by atoms with Gasteiger partial charge in [-0.15, -0.1) is 0 Å². The highest BCUT2D eigenvalue weighted by Gasteiger charge is 2.41. The summed E-state index contributed by atoms with van der Waals surface area (Å²) in [5, 5.41) is 6.54. The number of hydrogen-bond acceptors (Lipinski definition) is 7. The second-order valence-corrected chi connectivity index (χ2v) is 10.7. The lowest BCUT2D eigenvalue weighted by atomic mass is 9.71. The zero-order valence-corrected chi connectivity index (χ0v) is 25.5. The van der Waals surface area contributed by atoms with Crippen LogP contribution in [0.3, 0.4) is 0 Å². The summed E-state index contributed by atoms with van der Waals surface area (Å²) in [6, 6.07) is 19.0. The number of aryl methyl sites for hydroxylation is 1.